The molecule has 1 atom stereocenters. The second-order valence-electron chi connectivity index (χ2n) is 7.22. The summed E-state index contributed by atoms with van der Waals surface area (Å²) in [5.41, 5.74) is 2.04. The molecule has 0 heterocycles. The fourth-order valence-corrected chi connectivity index (χ4v) is 2.25. The Hall–Kier alpha value is -1.35. The van der Waals surface area contributed by atoms with E-state index in [0.717, 1.165) is 12.1 Å². The highest BCUT2D eigenvalue weighted by atomic mass is 16.2. The van der Waals surface area contributed by atoms with E-state index in [4.69, 9.17) is 0 Å². The normalized spacial score (nSPS) is 13.9. The number of hydrogen-bond donors (Lipinski definition) is 2. The summed E-state index contributed by atoms with van der Waals surface area (Å²) in [7, 11) is 0. The molecule has 0 radical (unpaired) electrons. The van der Waals surface area contributed by atoms with Crippen molar-refractivity contribution in [3.63, 3.8) is 0 Å². The molecule has 0 saturated carbocycles. The number of amides is 1. The second-order valence-corrected chi connectivity index (χ2v) is 7.22. The van der Waals surface area contributed by atoms with Gasteiger partial charge in [0, 0.05) is 0 Å². The molecule has 0 aromatic heterocycles. The van der Waals surface area contributed by atoms with Gasteiger partial charge in [0.2, 0.25) is 5.91 Å². The summed E-state index contributed by atoms with van der Waals surface area (Å²) in [6, 6.07) is 8.50. The Labute approximate surface area is 129 Å². The molecule has 0 spiro atoms. The number of benzene rings is 1. The van der Waals surface area contributed by atoms with E-state index >= 15 is 0 Å². The smallest absolute Gasteiger partial charge is 0.240 e. The molecule has 1 unspecified atom stereocenters. The molecule has 0 aliphatic carbocycles. The van der Waals surface area contributed by atoms with Crippen molar-refractivity contribution in [2.75, 3.05) is 6.54 Å². The maximum atomic E-state index is 12.3. The average Bonchev–Trinajstić information content (AvgIpc) is 2.37. The van der Waals surface area contributed by atoms with Crippen molar-refractivity contribution in [3.8, 4) is 0 Å². The Morgan fingerprint density at radius 2 is 1.62 bits per heavy atom. The van der Waals surface area contributed by atoms with Gasteiger partial charge in [0.15, 0.2) is 0 Å². The van der Waals surface area contributed by atoms with E-state index in [1.807, 2.05) is 27.7 Å². The first kappa shape index (κ1) is 17.7. The van der Waals surface area contributed by atoms with Crippen LogP contribution in [0.25, 0.3) is 0 Å². The van der Waals surface area contributed by atoms with E-state index in [9.17, 15) is 4.79 Å². The molecule has 1 rings (SSSR count). The van der Waals surface area contributed by atoms with Crippen molar-refractivity contribution in [1.29, 1.82) is 0 Å². The molecule has 0 bridgehead atoms. The van der Waals surface area contributed by atoms with Crippen LogP contribution in [-0.2, 0) is 10.2 Å². The molecule has 2 N–H and O–H groups in total. The zero-order chi connectivity index (χ0) is 16.3. The van der Waals surface area contributed by atoms with Gasteiger partial charge in [-0.05, 0) is 43.9 Å². The molecule has 1 aromatic rings. The van der Waals surface area contributed by atoms with Crippen LogP contribution < -0.4 is 10.6 Å². The van der Waals surface area contributed by atoms with Gasteiger partial charge in [0.1, 0.15) is 0 Å². The molecule has 1 aromatic carbocycles. The first-order valence-corrected chi connectivity index (χ1v) is 7.74. The van der Waals surface area contributed by atoms with Crippen LogP contribution >= 0.6 is 0 Å². The average molecular weight is 290 g/mol. The topological polar surface area (TPSA) is 41.1 Å². The number of nitrogens with one attached hydrogen (secondary N) is 2. The van der Waals surface area contributed by atoms with Gasteiger partial charge in [0.25, 0.3) is 0 Å². The molecular weight excluding hydrogens is 260 g/mol. The second kappa shape index (κ2) is 6.61. The molecule has 21 heavy (non-hydrogen) atoms. The number of carbonyl (C=O) groups excluding carboxylic acids is 1. The summed E-state index contributed by atoms with van der Waals surface area (Å²) < 4.78 is 0. The minimum absolute atomic E-state index is 0.00412. The molecule has 0 fully saturated rings. The van der Waals surface area contributed by atoms with Crippen molar-refractivity contribution in [2.24, 2.45) is 0 Å². The Morgan fingerprint density at radius 3 is 2.05 bits per heavy atom. The largest absolute Gasteiger partial charge is 0.348 e. The van der Waals surface area contributed by atoms with Crippen LogP contribution in [0.2, 0.25) is 0 Å². The summed E-state index contributed by atoms with van der Waals surface area (Å²) in [5.74, 6) is 0.0248. The lowest BCUT2D eigenvalue weighted by Gasteiger charge is -2.27. The molecule has 118 valence electrons. The van der Waals surface area contributed by atoms with Crippen LogP contribution in [-0.4, -0.2) is 18.0 Å². The molecule has 0 aliphatic heterocycles. The third-order valence-electron chi connectivity index (χ3n) is 3.81. The van der Waals surface area contributed by atoms with Gasteiger partial charge >= 0.3 is 0 Å². The standard InChI is InChI=1S/C18H30N2O/c1-8-19-18(6,7)16(21)20-13(2)14-9-11-15(12-10-14)17(3,4)5/h9-13,19H,8H2,1-7H3,(H,20,21). The van der Waals surface area contributed by atoms with E-state index in [1.165, 1.54) is 5.56 Å². The van der Waals surface area contributed by atoms with Crippen molar-refractivity contribution in [1.82, 2.24) is 10.6 Å². The minimum atomic E-state index is -0.547. The van der Waals surface area contributed by atoms with E-state index in [-0.39, 0.29) is 17.4 Å². The zero-order valence-electron chi connectivity index (χ0n) is 14.5. The van der Waals surface area contributed by atoms with E-state index in [0.29, 0.717) is 0 Å². The third-order valence-corrected chi connectivity index (χ3v) is 3.81. The van der Waals surface area contributed by atoms with Crippen LogP contribution in [0.3, 0.4) is 0 Å². The lowest BCUT2D eigenvalue weighted by atomic mass is 9.86. The monoisotopic (exact) mass is 290 g/mol. The van der Waals surface area contributed by atoms with Crippen LogP contribution in [0.4, 0.5) is 0 Å². The summed E-state index contributed by atoms with van der Waals surface area (Å²) in [6.07, 6.45) is 0. The summed E-state index contributed by atoms with van der Waals surface area (Å²) in [5, 5.41) is 6.27. The van der Waals surface area contributed by atoms with Crippen molar-refractivity contribution >= 4 is 5.91 Å². The summed E-state index contributed by atoms with van der Waals surface area (Å²) >= 11 is 0. The Kier molecular flexibility index (Phi) is 5.57. The summed E-state index contributed by atoms with van der Waals surface area (Å²) in [6.45, 7) is 15.2. The van der Waals surface area contributed by atoms with Crippen molar-refractivity contribution in [2.45, 2.75) is 65.5 Å². The first-order valence-electron chi connectivity index (χ1n) is 7.74. The minimum Gasteiger partial charge on any atom is -0.348 e. The Morgan fingerprint density at radius 1 is 1.10 bits per heavy atom. The van der Waals surface area contributed by atoms with E-state index in [1.54, 1.807) is 0 Å². The molecule has 1 amide bonds. The number of likely N-dealkylation sites (N-methyl/N-ethyl adjacent to an activating group) is 1. The maximum Gasteiger partial charge on any atom is 0.240 e. The zero-order valence-corrected chi connectivity index (χ0v) is 14.5. The fraction of sp³-hybridized carbons (Fsp3) is 0.611. The van der Waals surface area contributed by atoms with Gasteiger partial charge in [-0.25, -0.2) is 0 Å². The van der Waals surface area contributed by atoms with Gasteiger partial charge in [-0.3, -0.25) is 4.79 Å². The van der Waals surface area contributed by atoms with E-state index in [2.05, 4.69) is 55.7 Å². The summed E-state index contributed by atoms with van der Waals surface area (Å²) in [4.78, 5) is 12.3. The van der Waals surface area contributed by atoms with Gasteiger partial charge in [-0.2, -0.15) is 0 Å². The van der Waals surface area contributed by atoms with Gasteiger partial charge in [0.05, 0.1) is 11.6 Å². The predicted molar refractivity (Wildman–Crippen MR) is 89.5 cm³/mol. The van der Waals surface area contributed by atoms with Crippen molar-refractivity contribution in [3.05, 3.63) is 35.4 Å². The highest BCUT2D eigenvalue weighted by Gasteiger charge is 2.27. The highest BCUT2D eigenvalue weighted by Crippen LogP contribution is 2.24. The molecule has 3 nitrogen and oxygen atoms in total. The molecule has 0 aliphatic rings. The van der Waals surface area contributed by atoms with Crippen LogP contribution in [0.5, 0.6) is 0 Å². The lowest BCUT2D eigenvalue weighted by Crippen LogP contribution is -2.52. The van der Waals surface area contributed by atoms with E-state index < -0.39 is 5.54 Å². The third kappa shape index (κ3) is 4.85. The van der Waals surface area contributed by atoms with Crippen LogP contribution in [0.1, 0.15) is 65.6 Å². The Bertz CT molecular complexity index is 469. The predicted octanol–water partition coefficient (Wildman–Crippen LogP) is 3.55. The van der Waals surface area contributed by atoms with Crippen molar-refractivity contribution < 1.29 is 4.79 Å². The number of hydrogen-bond acceptors (Lipinski definition) is 2. The van der Waals surface area contributed by atoms with Crippen LogP contribution in [0.15, 0.2) is 24.3 Å². The number of rotatable bonds is 5. The maximum absolute atomic E-state index is 12.3. The molecular formula is C18H30N2O. The first-order chi connectivity index (χ1) is 9.58. The molecule has 3 heteroatoms. The SMILES string of the molecule is CCNC(C)(C)C(=O)NC(C)c1ccc(C(C)(C)C)cc1. The fourth-order valence-electron chi connectivity index (χ4n) is 2.25. The Balaban J connectivity index is 2.76. The van der Waals surface area contributed by atoms with Gasteiger partial charge < -0.3 is 10.6 Å². The quantitative estimate of drug-likeness (QED) is 0.870. The lowest BCUT2D eigenvalue weighted by molar-refractivity contribution is -0.127. The molecule has 0 saturated heterocycles. The van der Waals surface area contributed by atoms with Gasteiger partial charge in [-0.15, -0.1) is 0 Å². The highest BCUT2D eigenvalue weighted by molar-refractivity contribution is 5.85. The number of carbonyl (C=O) groups is 1. The van der Waals surface area contributed by atoms with Crippen LogP contribution in [0, 0.1) is 0 Å². The van der Waals surface area contributed by atoms with Gasteiger partial charge in [-0.1, -0.05) is 52.0 Å².